The number of nitrogens with zero attached hydrogens (tertiary/aromatic N) is 1. The maximum atomic E-state index is 13.0. The van der Waals surface area contributed by atoms with Crippen molar-refractivity contribution in [1.29, 1.82) is 0 Å². The number of carbonyl (C=O) groups excluding carboxylic acids is 1. The number of rotatable bonds is 2. The zero-order valence-corrected chi connectivity index (χ0v) is 12.8. The van der Waals surface area contributed by atoms with Crippen LogP contribution in [0.15, 0.2) is 24.3 Å². The molecule has 2 aliphatic rings. The van der Waals surface area contributed by atoms with E-state index in [2.05, 4.69) is 12.1 Å². The first kappa shape index (κ1) is 14.5. The molecule has 1 amide bonds. The van der Waals surface area contributed by atoms with Crippen LogP contribution in [0.4, 0.5) is 0 Å². The van der Waals surface area contributed by atoms with Crippen LogP contribution >= 0.6 is 12.2 Å². The predicted molar refractivity (Wildman–Crippen MR) is 84.8 cm³/mol. The van der Waals surface area contributed by atoms with Crippen LogP contribution in [0.25, 0.3) is 0 Å². The van der Waals surface area contributed by atoms with E-state index in [1.54, 1.807) is 0 Å². The molecule has 0 aromatic heterocycles. The van der Waals surface area contributed by atoms with Crippen molar-refractivity contribution in [2.75, 3.05) is 19.8 Å². The van der Waals surface area contributed by atoms with E-state index in [1.165, 1.54) is 11.1 Å². The summed E-state index contributed by atoms with van der Waals surface area (Å²) in [5.74, 6) is 0.0767. The van der Waals surface area contributed by atoms with Crippen molar-refractivity contribution in [1.82, 2.24) is 4.90 Å². The van der Waals surface area contributed by atoms with E-state index in [-0.39, 0.29) is 5.91 Å². The standard InChI is InChI=1S/C16H20N2O2S/c17-14(21)16(6-9-20-10-7-16)15(19)18-8-5-12-3-1-2-4-13(12)11-18/h1-4H,5-11H2,(H2,17,21). The van der Waals surface area contributed by atoms with Crippen molar-refractivity contribution in [2.24, 2.45) is 11.1 Å². The van der Waals surface area contributed by atoms with Gasteiger partial charge in [-0.2, -0.15) is 0 Å². The van der Waals surface area contributed by atoms with Crippen LogP contribution in [0, 0.1) is 5.41 Å². The lowest BCUT2D eigenvalue weighted by molar-refractivity contribution is -0.143. The monoisotopic (exact) mass is 304 g/mol. The minimum atomic E-state index is -0.708. The smallest absolute Gasteiger partial charge is 0.236 e. The van der Waals surface area contributed by atoms with Gasteiger partial charge in [-0.15, -0.1) is 0 Å². The van der Waals surface area contributed by atoms with Gasteiger partial charge < -0.3 is 15.4 Å². The molecule has 5 heteroatoms. The van der Waals surface area contributed by atoms with Crippen molar-refractivity contribution >= 4 is 23.1 Å². The molecule has 0 bridgehead atoms. The number of fused-ring (bicyclic) bond motifs is 1. The highest BCUT2D eigenvalue weighted by atomic mass is 32.1. The van der Waals surface area contributed by atoms with E-state index in [1.807, 2.05) is 17.0 Å². The van der Waals surface area contributed by atoms with Crippen LogP contribution in [0.3, 0.4) is 0 Å². The second-order valence-corrected chi connectivity index (χ2v) is 6.24. The van der Waals surface area contributed by atoms with Crippen molar-refractivity contribution in [3.8, 4) is 0 Å². The van der Waals surface area contributed by atoms with Crippen molar-refractivity contribution in [2.45, 2.75) is 25.8 Å². The quantitative estimate of drug-likeness (QED) is 0.844. The molecule has 21 heavy (non-hydrogen) atoms. The molecule has 2 aliphatic heterocycles. The van der Waals surface area contributed by atoms with Crippen molar-refractivity contribution in [3.05, 3.63) is 35.4 Å². The molecule has 1 aromatic carbocycles. The zero-order valence-electron chi connectivity index (χ0n) is 12.0. The van der Waals surface area contributed by atoms with Gasteiger partial charge in [-0.25, -0.2) is 0 Å². The van der Waals surface area contributed by atoms with Gasteiger partial charge in [-0.1, -0.05) is 36.5 Å². The molecule has 0 saturated carbocycles. The highest BCUT2D eigenvalue weighted by Gasteiger charge is 2.45. The fourth-order valence-corrected chi connectivity index (χ4v) is 3.55. The number of amides is 1. The van der Waals surface area contributed by atoms with Crippen LogP contribution in [0.5, 0.6) is 0 Å². The third kappa shape index (κ3) is 2.56. The summed E-state index contributed by atoms with van der Waals surface area (Å²) in [6.07, 6.45) is 2.09. The molecule has 3 rings (SSSR count). The van der Waals surface area contributed by atoms with Gasteiger partial charge in [0, 0.05) is 26.3 Å². The number of ether oxygens (including phenoxy) is 1. The van der Waals surface area contributed by atoms with Gasteiger partial charge in [0.15, 0.2) is 0 Å². The molecule has 4 nitrogen and oxygen atoms in total. The van der Waals surface area contributed by atoms with Crippen LogP contribution in [-0.4, -0.2) is 35.6 Å². The van der Waals surface area contributed by atoms with Crippen LogP contribution in [0.1, 0.15) is 24.0 Å². The maximum absolute atomic E-state index is 13.0. The number of hydrogen-bond acceptors (Lipinski definition) is 3. The van der Waals surface area contributed by atoms with Gasteiger partial charge in [0.1, 0.15) is 5.41 Å². The topological polar surface area (TPSA) is 55.6 Å². The Hall–Kier alpha value is -1.46. The van der Waals surface area contributed by atoms with Crippen LogP contribution in [-0.2, 0) is 22.5 Å². The van der Waals surface area contributed by atoms with Crippen LogP contribution in [0.2, 0.25) is 0 Å². The molecule has 0 radical (unpaired) electrons. The minimum absolute atomic E-state index is 0.0767. The van der Waals surface area contributed by atoms with Gasteiger partial charge in [0.25, 0.3) is 0 Å². The van der Waals surface area contributed by atoms with Gasteiger partial charge in [-0.3, -0.25) is 4.79 Å². The number of nitrogens with two attached hydrogens (primary N) is 1. The SMILES string of the molecule is NC(=S)C1(C(=O)N2CCc3ccccc3C2)CCOCC1. The van der Waals surface area contributed by atoms with Gasteiger partial charge in [-0.05, 0) is 30.4 Å². The first-order valence-electron chi connectivity index (χ1n) is 7.37. The lowest BCUT2D eigenvalue weighted by atomic mass is 9.78. The van der Waals surface area contributed by atoms with Gasteiger partial charge in [0.05, 0.1) is 4.99 Å². The highest BCUT2D eigenvalue weighted by Crippen LogP contribution is 2.35. The first-order valence-corrected chi connectivity index (χ1v) is 7.78. The maximum Gasteiger partial charge on any atom is 0.236 e. The fourth-order valence-electron chi connectivity index (χ4n) is 3.26. The molecule has 1 fully saturated rings. The Bertz CT molecular complexity index is 567. The Labute approximate surface area is 130 Å². The van der Waals surface area contributed by atoms with Gasteiger partial charge in [0.2, 0.25) is 5.91 Å². The molecule has 2 N–H and O–H groups in total. The third-order valence-corrected chi connectivity index (χ3v) is 5.04. The second-order valence-electron chi connectivity index (χ2n) is 5.80. The number of hydrogen-bond donors (Lipinski definition) is 1. The summed E-state index contributed by atoms with van der Waals surface area (Å²) in [7, 11) is 0. The summed E-state index contributed by atoms with van der Waals surface area (Å²) in [4.78, 5) is 15.3. The van der Waals surface area contributed by atoms with E-state index in [0.29, 0.717) is 37.6 Å². The predicted octanol–water partition coefficient (Wildman–Crippen LogP) is 1.65. The molecular weight excluding hydrogens is 284 g/mol. The summed E-state index contributed by atoms with van der Waals surface area (Å²) in [6.45, 7) is 2.49. The molecule has 1 aromatic rings. The van der Waals surface area contributed by atoms with E-state index >= 15 is 0 Å². The highest BCUT2D eigenvalue weighted by molar-refractivity contribution is 7.80. The zero-order chi connectivity index (χ0) is 14.9. The number of carbonyl (C=O) groups is 1. The summed E-state index contributed by atoms with van der Waals surface area (Å²) >= 11 is 5.23. The molecule has 112 valence electrons. The summed E-state index contributed by atoms with van der Waals surface area (Å²) in [5.41, 5.74) is 7.78. The Morgan fingerprint density at radius 3 is 2.57 bits per heavy atom. The summed E-state index contributed by atoms with van der Waals surface area (Å²) in [6, 6.07) is 8.29. The Balaban J connectivity index is 1.83. The lowest BCUT2D eigenvalue weighted by Gasteiger charge is -2.40. The van der Waals surface area contributed by atoms with E-state index in [9.17, 15) is 4.79 Å². The molecule has 2 heterocycles. The largest absolute Gasteiger partial charge is 0.392 e. The lowest BCUT2D eigenvalue weighted by Crippen LogP contribution is -2.54. The van der Waals surface area contributed by atoms with E-state index in [0.717, 1.165) is 13.0 Å². The van der Waals surface area contributed by atoms with Crippen molar-refractivity contribution < 1.29 is 9.53 Å². The molecule has 0 spiro atoms. The Morgan fingerprint density at radius 1 is 1.24 bits per heavy atom. The fraction of sp³-hybridized carbons (Fsp3) is 0.500. The van der Waals surface area contributed by atoms with Crippen molar-refractivity contribution in [3.63, 3.8) is 0 Å². The molecule has 0 unspecified atom stereocenters. The van der Waals surface area contributed by atoms with E-state index in [4.69, 9.17) is 22.7 Å². The Morgan fingerprint density at radius 2 is 1.90 bits per heavy atom. The second kappa shape index (κ2) is 5.73. The van der Waals surface area contributed by atoms with E-state index < -0.39 is 5.41 Å². The first-order chi connectivity index (χ1) is 10.1. The minimum Gasteiger partial charge on any atom is -0.392 e. The molecule has 0 aliphatic carbocycles. The summed E-state index contributed by atoms with van der Waals surface area (Å²) in [5, 5.41) is 0. The molecule has 0 atom stereocenters. The van der Waals surface area contributed by atoms with Gasteiger partial charge >= 0.3 is 0 Å². The average molecular weight is 304 g/mol. The average Bonchev–Trinajstić information content (AvgIpc) is 2.54. The molecular formula is C16H20N2O2S. The van der Waals surface area contributed by atoms with Crippen LogP contribution < -0.4 is 5.73 Å². The molecule has 1 saturated heterocycles. The number of benzene rings is 1. The normalized spacial score (nSPS) is 20.7. The third-order valence-electron chi connectivity index (χ3n) is 4.65. The Kier molecular flexibility index (Phi) is 3.95. The number of thiocarbonyl (C=S) groups is 1. The summed E-state index contributed by atoms with van der Waals surface area (Å²) < 4.78 is 5.38.